The molecule has 3 nitrogen and oxygen atoms in total. The van der Waals surface area contributed by atoms with E-state index in [2.05, 4.69) is 54.0 Å². The van der Waals surface area contributed by atoms with Crippen LogP contribution in [0.25, 0.3) is 0 Å². The van der Waals surface area contributed by atoms with Gasteiger partial charge < -0.3 is 10.6 Å². The molecule has 1 fully saturated rings. The van der Waals surface area contributed by atoms with Gasteiger partial charge in [-0.25, -0.2) is 0 Å². The molecule has 3 aromatic carbocycles. The minimum atomic E-state index is -0.0778. The molecule has 1 saturated carbocycles. The topological polar surface area (TPSA) is 41.1 Å². The second kappa shape index (κ2) is 7.77. The van der Waals surface area contributed by atoms with Crippen LogP contribution >= 0.6 is 0 Å². The van der Waals surface area contributed by atoms with Crippen molar-refractivity contribution in [1.82, 2.24) is 5.32 Å². The van der Waals surface area contributed by atoms with Crippen LogP contribution in [0.1, 0.15) is 46.8 Å². The summed E-state index contributed by atoms with van der Waals surface area (Å²) in [5, 5.41) is 6.67. The second-order valence-corrected chi connectivity index (χ2v) is 7.19. The molecule has 0 aromatic heterocycles. The zero-order valence-corrected chi connectivity index (χ0v) is 15.4. The van der Waals surface area contributed by atoms with Gasteiger partial charge in [0.1, 0.15) is 0 Å². The monoisotopic (exact) mass is 356 g/mol. The lowest BCUT2D eigenvalue weighted by molar-refractivity contribution is 0.102. The Hall–Kier alpha value is -2.91. The average Bonchev–Trinajstić information content (AvgIpc) is 3.49. The van der Waals surface area contributed by atoms with E-state index in [1.807, 2.05) is 48.5 Å². The fraction of sp³-hybridized carbons (Fsp3) is 0.208. The normalized spacial score (nSPS) is 19.3. The largest absolute Gasteiger partial charge is 0.322 e. The maximum absolute atomic E-state index is 12.2. The summed E-state index contributed by atoms with van der Waals surface area (Å²) in [6.45, 7) is 2.22. The number of carbonyl (C=O) groups is 1. The number of benzene rings is 3. The van der Waals surface area contributed by atoms with Crippen molar-refractivity contribution in [3.05, 3.63) is 102 Å². The molecule has 3 heteroatoms. The van der Waals surface area contributed by atoms with Gasteiger partial charge in [0.05, 0.1) is 0 Å². The first-order valence-electron chi connectivity index (χ1n) is 9.48. The second-order valence-electron chi connectivity index (χ2n) is 7.19. The van der Waals surface area contributed by atoms with Crippen LogP contribution in [0.2, 0.25) is 0 Å². The first-order chi connectivity index (χ1) is 13.2. The fourth-order valence-corrected chi connectivity index (χ4v) is 3.51. The van der Waals surface area contributed by atoms with Crippen molar-refractivity contribution in [2.24, 2.45) is 0 Å². The third kappa shape index (κ3) is 4.26. The summed E-state index contributed by atoms with van der Waals surface area (Å²) in [5.74, 6) is 0.473. The molecular formula is C24H24N2O. The van der Waals surface area contributed by atoms with Crippen LogP contribution < -0.4 is 10.6 Å². The van der Waals surface area contributed by atoms with Gasteiger partial charge in [0.15, 0.2) is 0 Å². The molecule has 2 N–H and O–H groups in total. The van der Waals surface area contributed by atoms with Gasteiger partial charge in [0, 0.05) is 29.3 Å². The minimum Gasteiger partial charge on any atom is -0.322 e. The van der Waals surface area contributed by atoms with Crippen molar-refractivity contribution in [3.8, 4) is 0 Å². The van der Waals surface area contributed by atoms with E-state index in [-0.39, 0.29) is 5.91 Å². The summed E-state index contributed by atoms with van der Waals surface area (Å²) in [6.07, 6.45) is 1.16. The van der Waals surface area contributed by atoms with Gasteiger partial charge in [-0.3, -0.25) is 4.79 Å². The standard InChI is InChI=1S/C24H24N2O/c1-17(18-8-4-2-5-9-18)25-23-16-22(23)19-12-14-21(15-13-19)26-24(27)20-10-6-3-7-11-20/h2-15,17,22-23,25H,16H2,1H3,(H,26,27). The number of anilines is 1. The molecule has 0 heterocycles. The molecule has 3 unspecified atom stereocenters. The maximum Gasteiger partial charge on any atom is 0.255 e. The molecule has 0 spiro atoms. The van der Waals surface area contributed by atoms with E-state index in [4.69, 9.17) is 0 Å². The number of hydrogen-bond donors (Lipinski definition) is 2. The first-order valence-corrected chi connectivity index (χ1v) is 9.48. The summed E-state index contributed by atoms with van der Waals surface area (Å²) in [7, 11) is 0. The lowest BCUT2D eigenvalue weighted by atomic mass is 10.1. The summed E-state index contributed by atoms with van der Waals surface area (Å²) >= 11 is 0. The van der Waals surface area contributed by atoms with Gasteiger partial charge in [-0.2, -0.15) is 0 Å². The van der Waals surface area contributed by atoms with Crippen molar-refractivity contribution in [3.63, 3.8) is 0 Å². The Morgan fingerprint density at radius 1 is 0.889 bits per heavy atom. The molecule has 1 amide bonds. The van der Waals surface area contributed by atoms with Gasteiger partial charge in [-0.15, -0.1) is 0 Å². The van der Waals surface area contributed by atoms with Crippen LogP contribution in [0.5, 0.6) is 0 Å². The van der Waals surface area contributed by atoms with Crippen LogP contribution in [-0.4, -0.2) is 11.9 Å². The highest BCUT2D eigenvalue weighted by Crippen LogP contribution is 2.42. The summed E-state index contributed by atoms with van der Waals surface area (Å²) in [5.41, 5.74) is 4.14. The Kier molecular flexibility index (Phi) is 5.03. The molecule has 3 atom stereocenters. The smallest absolute Gasteiger partial charge is 0.255 e. The van der Waals surface area contributed by atoms with Crippen LogP contribution in [0.4, 0.5) is 5.69 Å². The van der Waals surface area contributed by atoms with Crippen molar-refractivity contribution >= 4 is 11.6 Å². The highest BCUT2D eigenvalue weighted by Gasteiger charge is 2.38. The number of amides is 1. The third-order valence-corrected chi connectivity index (χ3v) is 5.19. The number of hydrogen-bond acceptors (Lipinski definition) is 2. The molecular weight excluding hydrogens is 332 g/mol. The molecule has 136 valence electrons. The molecule has 4 rings (SSSR count). The van der Waals surface area contributed by atoms with Gasteiger partial charge in [-0.05, 0) is 48.7 Å². The van der Waals surface area contributed by atoms with Crippen LogP contribution in [0.3, 0.4) is 0 Å². The molecule has 0 radical (unpaired) electrons. The van der Waals surface area contributed by atoms with Gasteiger partial charge in [0.25, 0.3) is 5.91 Å². The Morgan fingerprint density at radius 3 is 2.19 bits per heavy atom. The lowest BCUT2D eigenvalue weighted by Gasteiger charge is -2.14. The Morgan fingerprint density at radius 2 is 1.52 bits per heavy atom. The van der Waals surface area contributed by atoms with Crippen molar-refractivity contribution in [1.29, 1.82) is 0 Å². The molecule has 1 aliphatic carbocycles. The van der Waals surface area contributed by atoms with Crippen LogP contribution in [0.15, 0.2) is 84.9 Å². The Balaban J connectivity index is 1.33. The Labute approximate surface area is 160 Å². The number of carbonyl (C=O) groups excluding carboxylic acids is 1. The van der Waals surface area contributed by atoms with Crippen LogP contribution in [-0.2, 0) is 0 Å². The predicted octanol–water partition coefficient (Wildman–Crippen LogP) is 5.15. The van der Waals surface area contributed by atoms with Crippen molar-refractivity contribution in [2.45, 2.75) is 31.3 Å². The van der Waals surface area contributed by atoms with Gasteiger partial charge in [-0.1, -0.05) is 60.7 Å². The average molecular weight is 356 g/mol. The molecule has 1 aliphatic rings. The number of nitrogens with one attached hydrogen (secondary N) is 2. The van der Waals surface area contributed by atoms with E-state index < -0.39 is 0 Å². The van der Waals surface area contributed by atoms with E-state index >= 15 is 0 Å². The SMILES string of the molecule is CC(NC1CC1c1ccc(NC(=O)c2ccccc2)cc1)c1ccccc1. The molecule has 0 saturated heterocycles. The summed E-state index contributed by atoms with van der Waals surface area (Å²) in [6, 6.07) is 28.9. The molecule has 3 aromatic rings. The molecule has 0 aliphatic heterocycles. The zero-order valence-electron chi connectivity index (χ0n) is 15.4. The summed E-state index contributed by atoms with van der Waals surface area (Å²) in [4.78, 5) is 12.2. The van der Waals surface area contributed by atoms with Gasteiger partial charge >= 0.3 is 0 Å². The number of rotatable bonds is 6. The minimum absolute atomic E-state index is 0.0778. The van der Waals surface area contributed by atoms with Crippen molar-refractivity contribution in [2.75, 3.05) is 5.32 Å². The quantitative estimate of drug-likeness (QED) is 0.642. The third-order valence-electron chi connectivity index (χ3n) is 5.19. The first kappa shape index (κ1) is 17.5. The van der Waals surface area contributed by atoms with E-state index in [1.54, 1.807) is 0 Å². The van der Waals surface area contributed by atoms with Crippen molar-refractivity contribution < 1.29 is 4.79 Å². The maximum atomic E-state index is 12.2. The van der Waals surface area contributed by atoms with E-state index in [0.717, 1.165) is 12.1 Å². The van der Waals surface area contributed by atoms with Crippen LogP contribution in [0, 0.1) is 0 Å². The van der Waals surface area contributed by atoms with E-state index in [1.165, 1.54) is 11.1 Å². The highest BCUT2D eigenvalue weighted by atomic mass is 16.1. The summed E-state index contributed by atoms with van der Waals surface area (Å²) < 4.78 is 0. The lowest BCUT2D eigenvalue weighted by Crippen LogP contribution is -2.22. The van der Waals surface area contributed by atoms with E-state index in [9.17, 15) is 4.79 Å². The van der Waals surface area contributed by atoms with E-state index in [0.29, 0.717) is 23.6 Å². The Bertz CT molecular complexity index is 891. The predicted molar refractivity (Wildman–Crippen MR) is 110 cm³/mol. The fourth-order valence-electron chi connectivity index (χ4n) is 3.51. The molecule has 27 heavy (non-hydrogen) atoms. The molecule has 0 bridgehead atoms. The van der Waals surface area contributed by atoms with Gasteiger partial charge in [0.2, 0.25) is 0 Å². The zero-order chi connectivity index (χ0) is 18.6. The highest BCUT2D eigenvalue weighted by molar-refractivity contribution is 6.04.